The molecule has 3 rings (SSSR count). The van der Waals surface area contributed by atoms with Crippen LogP contribution in [0.3, 0.4) is 0 Å². The van der Waals surface area contributed by atoms with Crippen LogP contribution in [0, 0.1) is 5.92 Å². The van der Waals surface area contributed by atoms with Crippen LogP contribution in [0.2, 0.25) is 0 Å². The van der Waals surface area contributed by atoms with Crippen molar-refractivity contribution in [2.24, 2.45) is 5.92 Å². The predicted octanol–water partition coefficient (Wildman–Crippen LogP) is 0.665. The molecule has 0 amide bonds. The predicted molar refractivity (Wildman–Crippen MR) is 73.9 cm³/mol. The Labute approximate surface area is 115 Å². The number of fused-ring (bicyclic) bond motifs is 3. The maximum atomic E-state index is 5.81. The fourth-order valence-electron chi connectivity index (χ4n) is 3.23. The van der Waals surface area contributed by atoms with E-state index in [4.69, 9.17) is 4.74 Å². The number of ether oxygens (including phenoxy) is 1. The third kappa shape index (κ3) is 2.99. The molecule has 19 heavy (non-hydrogen) atoms. The zero-order chi connectivity index (χ0) is 13.2. The van der Waals surface area contributed by atoms with Crippen molar-refractivity contribution in [3.05, 3.63) is 18.2 Å². The zero-order valence-electron chi connectivity index (χ0n) is 12.0. The summed E-state index contributed by atoms with van der Waals surface area (Å²) in [6, 6.07) is 0.504. The van der Waals surface area contributed by atoms with E-state index in [2.05, 4.69) is 39.5 Å². The van der Waals surface area contributed by atoms with Gasteiger partial charge in [0.25, 0.3) is 0 Å². The molecule has 2 bridgehead atoms. The third-order valence-electron chi connectivity index (χ3n) is 4.18. The van der Waals surface area contributed by atoms with Crippen molar-refractivity contribution < 1.29 is 4.74 Å². The van der Waals surface area contributed by atoms with Crippen LogP contribution in [0.25, 0.3) is 0 Å². The van der Waals surface area contributed by atoms with E-state index >= 15 is 0 Å². The zero-order valence-corrected chi connectivity index (χ0v) is 12.0. The first kappa shape index (κ1) is 13.1. The molecule has 0 aliphatic carbocycles. The Kier molecular flexibility index (Phi) is 3.86. The molecule has 5 heteroatoms. The largest absolute Gasteiger partial charge is 0.379 e. The standard InChI is InChI=1S/C14H24N4O/c1-3-17-6-13(15-11-17)7-18-5-12-4-16(2)8-14(18)10-19-9-12/h6,11-12,14H,3-5,7-10H2,1-2H3/t12-,14-/m0/s1. The number of aromatic nitrogens is 2. The van der Waals surface area contributed by atoms with Crippen LogP contribution in [0.15, 0.2) is 12.5 Å². The van der Waals surface area contributed by atoms with Gasteiger partial charge in [-0.3, -0.25) is 4.90 Å². The molecule has 2 fully saturated rings. The van der Waals surface area contributed by atoms with E-state index in [-0.39, 0.29) is 0 Å². The maximum Gasteiger partial charge on any atom is 0.0949 e. The minimum absolute atomic E-state index is 0.504. The SMILES string of the molecule is CCn1cnc(CN2C[C@H]3COC[C@@H]2CN(C)C3)c1. The Hall–Kier alpha value is -0.910. The first-order valence-corrected chi connectivity index (χ1v) is 7.25. The van der Waals surface area contributed by atoms with E-state index in [0.717, 1.165) is 45.9 Å². The number of aryl methyl sites for hydroxylation is 1. The second-order valence-electron chi connectivity index (χ2n) is 5.90. The van der Waals surface area contributed by atoms with Crippen molar-refractivity contribution in [3.63, 3.8) is 0 Å². The van der Waals surface area contributed by atoms with Gasteiger partial charge in [0.05, 0.1) is 25.2 Å². The summed E-state index contributed by atoms with van der Waals surface area (Å²) in [5.74, 6) is 0.630. The number of likely N-dealkylation sites (N-methyl/N-ethyl adjacent to an activating group) is 1. The highest BCUT2D eigenvalue weighted by atomic mass is 16.5. The summed E-state index contributed by atoms with van der Waals surface area (Å²) in [5, 5.41) is 0. The Morgan fingerprint density at radius 1 is 1.32 bits per heavy atom. The molecule has 2 aliphatic rings. The normalized spacial score (nSPS) is 29.4. The molecule has 0 radical (unpaired) electrons. The smallest absolute Gasteiger partial charge is 0.0949 e. The van der Waals surface area contributed by atoms with Gasteiger partial charge in [0.2, 0.25) is 0 Å². The summed E-state index contributed by atoms with van der Waals surface area (Å²) in [4.78, 5) is 9.52. The van der Waals surface area contributed by atoms with Gasteiger partial charge in [0.15, 0.2) is 0 Å². The summed E-state index contributed by atoms with van der Waals surface area (Å²) < 4.78 is 7.95. The van der Waals surface area contributed by atoms with Gasteiger partial charge in [-0.05, 0) is 14.0 Å². The Morgan fingerprint density at radius 3 is 3.00 bits per heavy atom. The molecule has 106 valence electrons. The monoisotopic (exact) mass is 264 g/mol. The van der Waals surface area contributed by atoms with Gasteiger partial charge in [-0.2, -0.15) is 0 Å². The van der Waals surface area contributed by atoms with Crippen molar-refractivity contribution in [1.82, 2.24) is 19.4 Å². The second kappa shape index (κ2) is 5.61. The third-order valence-corrected chi connectivity index (χ3v) is 4.18. The van der Waals surface area contributed by atoms with Gasteiger partial charge in [0, 0.05) is 50.9 Å². The van der Waals surface area contributed by atoms with Crippen LogP contribution in [-0.4, -0.2) is 65.3 Å². The van der Waals surface area contributed by atoms with E-state index in [1.165, 1.54) is 5.69 Å². The average molecular weight is 264 g/mol. The molecule has 2 atom stereocenters. The van der Waals surface area contributed by atoms with Crippen LogP contribution in [-0.2, 0) is 17.8 Å². The second-order valence-corrected chi connectivity index (χ2v) is 5.90. The molecule has 2 saturated heterocycles. The molecule has 0 aromatic carbocycles. The Bertz CT molecular complexity index is 419. The molecule has 0 unspecified atom stereocenters. The Morgan fingerprint density at radius 2 is 2.21 bits per heavy atom. The number of hydrogen-bond donors (Lipinski definition) is 0. The molecule has 1 aromatic heterocycles. The fraction of sp³-hybridized carbons (Fsp3) is 0.786. The lowest BCUT2D eigenvalue weighted by Crippen LogP contribution is -2.42. The van der Waals surface area contributed by atoms with Crippen LogP contribution < -0.4 is 0 Å². The van der Waals surface area contributed by atoms with Crippen LogP contribution in [0.4, 0.5) is 0 Å². The lowest BCUT2D eigenvalue weighted by molar-refractivity contribution is 0.0560. The van der Waals surface area contributed by atoms with Gasteiger partial charge in [-0.25, -0.2) is 4.98 Å². The molecule has 0 spiro atoms. The molecule has 1 aromatic rings. The molecule has 2 aliphatic heterocycles. The van der Waals surface area contributed by atoms with Crippen molar-refractivity contribution in [2.75, 3.05) is 39.9 Å². The van der Waals surface area contributed by atoms with E-state index in [1.54, 1.807) is 0 Å². The van der Waals surface area contributed by atoms with E-state index in [0.29, 0.717) is 12.0 Å². The lowest BCUT2D eigenvalue weighted by atomic mass is 10.1. The summed E-state index contributed by atoms with van der Waals surface area (Å²) >= 11 is 0. The molecule has 5 nitrogen and oxygen atoms in total. The van der Waals surface area contributed by atoms with Crippen LogP contribution in [0.5, 0.6) is 0 Å². The van der Waals surface area contributed by atoms with Crippen molar-refractivity contribution in [2.45, 2.75) is 26.1 Å². The molecule has 0 saturated carbocycles. The van der Waals surface area contributed by atoms with Gasteiger partial charge >= 0.3 is 0 Å². The Balaban J connectivity index is 1.72. The van der Waals surface area contributed by atoms with Gasteiger partial charge in [-0.15, -0.1) is 0 Å². The average Bonchev–Trinajstić information content (AvgIpc) is 2.67. The number of imidazole rings is 1. The van der Waals surface area contributed by atoms with E-state index in [9.17, 15) is 0 Å². The molecular formula is C14H24N4O. The summed E-state index contributed by atoms with van der Waals surface area (Å²) in [6.07, 6.45) is 4.10. The first-order chi connectivity index (χ1) is 9.24. The quantitative estimate of drug-likeness (QED) is 0.803. The van der Waals surface area contributed by atoms with Gasteiger partial charge in [-0.1, -0.05) is 0 Å². The molecular weight excluding hydrogens is 240 g/mol. The van der Waals surface area contributed by atoms with E-state index < -0.39 is 0 Å². The van der Waals surface area contributed by atoms with Crippen LogP contribution >= 0.6 is 0 Å². The maximum absolute atomic E-state index is 5.81. The molecule has 0 N–H and O–H groups in total. The van der Waals surface area contributed by atoms with Gasteiger partial charge < -0.3 is 14.2 Å². The van der Waals surface area contributed by atoms with Crippen molar-refractivity contribution in [3.8, 4) is 0 Å². The molecule has 3 heterocycles. The summed E-state index contributed by atoms with van der Waals surface area (Å²) in [6.45, 7) is 9.23. The minimum Gasteiger partial charge on any atom is -0.379 e. The summed E-state index contributed by atoms with van der Waals surface area (Å²) in [5.41, 5.74) is 1.18. The number of nitrogens with zero attached hydrogens (tertiary/aromatic N) is 4. The highest BCUT2D eigenvalue weighted by molar-refractivity contribution is 4.98. The van der Waals surface area contributed by atoms with Crippen molar-refractivity contribution in [1.29, 1.82) is 0 Å². The van der Waals surface area contributed by atoms with Gasteiger partial charge in [0.1, 0.15) is 0 Å². The number of hydrogen-bond acceptors (Lipinski definition) is 4. The highest BCUT2D eigenvalue weighted by Gasteiger charge is 2.32. The fourth-order valence-corrected chi connectivity index (χ4v) is 3.23. The first-order valence-electron chi connectivity index (χ1n) is 7.25. The topological polar surface area (TPSA) is 33.5 Å². The lowest BCUT2D eigenvalue weighted by Gasteiger charge is -2.29. The highest BCUT2D eigenvalue weighted by Crippen LogP contribution is 2.20. The number of rotatable bonds is 3. The summed E-state index contributed by atoms with van der Waals surface area (Å²) in [7, 11) is 2.22. The van der Waals surface area contributed by atoms with Crippen LogP contribution in [0.1, 0.15) is 12.6 Å². The van der Waals surface area contributed by atoms with Crippen molar-refractivity contribution >= 4 is 0 Å². The van der Waals surface area contributed by atoms with E-state index in [1.807, 2.05) is 6.33 Å². The minimum atomic E-state index is 0.504.